The minimum absolute atomic E-state index is 0.0225. The molecule has 0 saturated carbocycles. The van der Waals surface area contributed by atoms with Gasteiger partial charge in [-0.1, -0.05) is 24.2 Å². The normalized spacial score (nSPS) is 12.0. The van der Waals surface area contributed by atoms with Gasteiger partial charge in [-0.2, -0.15) is 0 Å². The van der Waals surface area contributed by atoms with Crippen molar-refractivity contribution in [3.8, 4) is 11.5 Å². The van der Waals surface area contributed by atoms with Crippen molar-refractivity contribution in [2.24, 2.45) is 5.16 Å². The van der Waals surface area contributed by atoms with E-state index in [1.807, 2.05) is 19.1 Å². The van der Waals surface area contributed by atoms with Crippen LogP contribution >= 0.6 is 0 Å². The summed E-state index contributed by atoms with van der Waals surface area (Å²) >= 11 is 0. The van der Waals surface area contributed by atoms with Crippen LogP contribution in [0.4, 0.5) is 5.69 Å². The lowest BCUT2D eigenvalue weighted by Gasteiger charge is -2.11. The maximum absolute atomic E-state index is 10.8. The van der Waals surface area contributed by atoms with Gasteiger partial charge < -0.3 is 14.3 Å². The van der Waals surface area contributed by atoms with Crippen molar-refractivity contribution in [1.29, 1.82) is 0 Å². The van der Waals surface area contributed by atoms with Gasteiger partial charge in [0.15, 0.2) is 11.5 Å². The number of nitrogens with zero attached hydrogens (tertiary/aromatic N) is 2. The number of nitro groups is 1. The third-order valence-electron chi connectivity index (χ3n) is 3.62. The van der Waals surface area contributed by atoms with Crippen LogP contribution in [0.3, 0.4) is 0 Å². The highest BCUT2D eigenvalue weighted by Crippen LogP contribution is 2.28. The molecule has 2 aromatic carbocycles. The summed E-state index contributed by atoms with van der Waals surface area (Å²) in [6.07, 6.45) is 2.05. The van der Waals surface area contributed by atoms with E-state index in [1.54, 1.807) is 38.4 Å². The zero-order chi connectivity index (χ0) is 18.9. The maximum atomic E-state index is 10.8. The molecule has 7 heteroatoms. The van der Waals surface area contributed by atoms with Crippen molar-refractivity contribution in [3.05, 3.63) is 63.7 Å². The second-order valence-corrected chi connectivity index (χ2v) is 5.59. The Balaban J connectivity index is 2.03. The number of rotatable bonds is 9. The molecule has 7 nitrogen and oxygen atoms in total. The van der Waals surface area contributed by atoms with E-state index in [1.165, 1.54) is 12.1 Å². The van der Waals surface area contributed by atoms with E-state index in [4.69, 9.17) is 14.3 Å². The van der Waals surface area contributed by atoms with E-state index < -0.39 is 11.0 Å². The zero-order valence-corrected chi connectivity index (χ0v) is 15.0. The molecule has 1 atom stereocenters. The highest BCUT2D eigenvalue weighted by molar-refractivity contribution is 5.80. The molecule has 0 amide bonds. The quantitative estimate of drug-likeness (QED) is 0.374. The number of nitro benzene ring substituents is 1. The van der Waals surface area contributed by atoms with Crippen molar-refractivity contribution in [3.63, 3.8) is 0 Å². The molecule has 2 rings (SSSR count). The minimum Gasteiger partial charge on any atom is -0.493 e. The molecule has 0 aromatic heterocycles. The molecule has 0 bridgehead atoms. The summed E-state index contributed by atoms with van der Waals surface area (Å²) in [6.45, 7) is 4.43. The van der Waals surface area contributed by atoms with Gasteiger partial charge in [0.2, 0.25) is 0 Å². The largest absolute Gasteiger partial charge is 0.493 e. The zero-order valence-electron chi connectivity index (χ0n) is 15.0. The number of hydrogen-bond acceptors (Lipinski definition) is 6. The fraction of sp³-hybridized carbons (Fsp3) is 0.316. The Morgan fingerprint density at radius 1 is 1.23 bits per heavy atom. The molecule has 138 valence electrons. The topological polar surface area (TPSA) is 83.2 Å². The van der Waals surface area contributed by atoms with Crippen LogP contribution in [-0.4, -0.2) is 24.9 Å². The number of hydrogen-bond donors (Lipinski definition) is 0. The van der Waals surface area contributed by atoms with Crippen LogP contribution in [0.25, 0.3) is 0 Å². The van der Waals surface area contributed by atoms with E-state index >= 15 is 0 Å². The highest BCUT2D eigenvalue weighted by Gasteiger charge is 2.11. The molecular weight excluding hydrogens is 336 g/mol. The molecule has 0 unspecified atom stereocenters. The van der Waals surface area contributed by atoms with Crippen LogP contribution in [0.15, 0.2) is 47.6 Å². The molecule has 0 spiro atoms. The van der Waals surface area contributed by atoms with Crippen LogP contribution < -0.4 is 9.47 Å². The second-order valence-electron chi connectivity index (χ2n) is 5.59. The second kappa shape index (κ2) is 9.41. The summed E-state index contributed by atoms with van der Waals surface area (Å²) in [5, 5.41) is 14.8. The van der Waals surface area contributed by atoms with Gasteiger partial charge in [-0.25, -0.2) is 0 Å². The molecule has 26 heavy (non-hydrogen) atoms. The van der Waals surface area contributed by atoms with E-state index in [0.717, 1.165) is 12.0 Å². The Morgan fingerprint density at radius 3 is 2.73 bits per heavy atom. The monoisotopic (exact) mass is 358 g/mol. The number of benzene rings is 2. The van der Waals surface area contributed by atoms with Gasteiger partial charge in [-0.05, 0) is 31.5 Å². The number of oxime groups is 1. The smallest absolute Gasteiger partial charge is 0.269 e. The summed E-state index contributed by atoms with van der Waals surface area (Å²) in [5.41, 5.74) is 1.49. The molecule has 0 fully saturated rings. The first-order valence-electron chi connectivity index (χ1n) is 8.29. The summed E-state index contributed by atoms with van der Waals surface area (Å²) < 4.78 is 10.9. The minimum atomic E-state index is -0.437. The molecule has 0 heterocycles. The number of ether oxygens (including phenoxy) is 2. The molecule has 0 saturated heterocycles. The average molecular weight is 358 g/mol. The van der Waals surface area contributed by atoms with E-state index in [9.17, 15) is 10.1 Å². The van der Waals surface area contributed by atoms with Crippen LogP contribution in [0, 0.1) is 10.1 Å². The lowest BCUT2D eigenvalue weighted by Crippen LogP contribution is -1.99. The van der Waals surface area contributed by atoms with Crippen molar-refractivity contribution in [2.45, 2.75) is 26.4 Å². The summed E-state index contributed by atoms with van der Waals surface area (Å²) in [6, 6.07) is 11.8. The van der Waals surface area contributed by atoms with Crippen LogP contribution in [0.1, 0.15) is 37.5 Å². The highest BCUT2D eigenvalue weighted by atomic mass is 16.6. The standard InChI is InChI=1S/C19H22N2O5/c1-4-10-25-18-9-8-15(11-19(18)24-3)13-20-26-14(2)16-6-5-7-17(12-16)21(22)23/h5-9,11-14H,4,10H2,1-3H3/b20-13-/t14-/m0/s1. The first-order chi connectivity index (χ1) is 12.5. The Morgan fingerprint density at radius 2 is 2.04 bits per heavy atom. The summed E-state index contributed by atoms with van der Waals surface area (Å²) in [4.78, 5) is 15.8. The lowest BCUT2D eigenvalue weighted by atomic mass is 10.1. The molecule has 0 aliphatic heterocycles. The van der Waals surface area contributed by atoms with Crippen LogP contribution in [-0.2, 0) is 4.84 Å². The molecular formula is C19H22N2O5. The molecule has 0 N–H and O–H groups in total. The van der Waals surface area contributed by atoms with Gasteiger partial charge in [0.1, 0.15) is 6.10 Å². The van der Waals surface area contributed by atoms with Crippen molar-refractivity contribution in [2.75, 3.05) is 13.7 Å². The van der Waals surface area contributed by atoms with Gasteiger partial charge >= 0.3 is 0 Å². The first-order valence-corrected chi connectivity index (χ1v) is 8.29. The summed E-state index contributed by atoms with van der Waals surface area (Å²) in [7, 11) is 1.58. The van der Waals surface area contributed by atoms with E-state index in [-0.39, 0.29) is 5.69 Å². The van der Waals surface area contributed by atoms with Crippen molar-refractivity contribution in [1.82, 2.24) is 0 Å². The van der Waals surface area contributed by atoms with E-state index in [2.05, 4.69) is 5.16 Å². The Bertz CT molecular complexity index is 776. The Labute approximate surface area is 152 Å². The van der Waals surface area contributed by atoms with Crippen LogP contribution in [0.5, 0.6) is 11.5 Å². The maximum Gasteiger partial charge on any atom is 0.269 e. The van der Waals surface area contributed by atoms with E-state index in [0.29, 0.717) is 23.7 Å². The third-order valence-corrected chi connectivity index (χ3v) is 3.62. The number of methoxy groups -OCH3 is 1. The van der Waals surface area contributed by atoms with Crippen LogP contribution in [0.2, 0.25) is 0 Å². The third kappa shape index (κ3) is 5.20. The average Bonchev–Trinajstić information content (AvgIpc) is 2.66. The Kier molecular flexibility index (Phi) is 6.96. The molecule has 0 aliphatic rings. The predicted octanol–water partition coefficient (Wildman–Crippen LogP) is 4.50. The fourth-order valence-corrected chi connectivity index (χ4v) is 2.23. The molecule has 0 radical (unpaired) electrons. The van der Waals surface area contributed by atoms with Crippen molar-refractivity contribution < 1.29 is 19.2 Å². The Hall–Kier alpha value is -3.09. The summed E-state index contributed by atoms with van der Waals surface area (Å²) in [5.74, 6) is 1.30. The fourth-order valence-electron chi connectivity index (χ4n) is 2.23. The molecule has 0 aliphatic carbocycles. The van der Waals surface area contributed by atoms with Gasteiger partial charge in [0, 0.05) is 23.3 Å². The van der Waals surface area contributed by atoms with Gasteiger partial charge in [0.05, 0.1) is 24.9 Å². The van der Waals surface area contributed by atoms with Gasteiger partial charge in [-0.3, -0.25) is 10.1 Å². The SMILES string of the molecule is CCCOc1ccc(/C=N\O[C@@H](C)c2cccc([N+](=O)[O-])c2)cc1OC. The predicted molar refractivity (Wildman–Crippen MR) is 99.0 cm³/mol. The van der Waals surface area contributed by atoms with Gasteiger partial charge in [-0.15, -0.1) is 0 Å². The number of non-ortho nitro benzene ring substituents is 1. The van der Waals surface area contributed by atoms with Crippen molar-refractivity contribution >= 4 is 11.9 Å². The molecule has 2 aromatic rings. The van der Waals surface area contributed by atoms with Gasteiger partial charge in [0.25, 0.3) is 5.69 Å². The first kappa shape index (κ1) is 19.2. The lowest BCUT2D eigenvalue weighted by molar-refractivity contribution is -0.385.